The Kier molecular flexibility index (Phi) is 5.82. The van der Waals surface area contributed by atoms with Gasteiger partial charge in [-0.3, -0.25) is 4.79 Å². The lowest BCUT2D eigenvalue weighted by atomic mass is 10.1. The number of amides is 1. The van der Waals surface area contributed by atoms with Crippen LogP contribution in [0.2, 0.25) is 0 Å². The maximum Gasteiger partial charge on any atom is 0.251 e. The highest BCUT2D eigenvalue weighted by Gasteiger charge is 2.29. The lowest BCUT2D eigenvalue weighted by Crippen LogP contribution is -2.44. The zero-order chi connectivity index (χ0) is 16.6. The van der Waals surface area contributed by atoms with Crippen LogP contribution < -0.4 is 10.1 Å². The van der Waals surface area contributed by atoms with Crippen LogP contribution >= 0.6 is 0 Å². The van der Waals surface area contributed by atoms with Crippen LogP contribution in [-0.4, -0.2) is 38.4 Å². The van der Waals surface area contributed by atoms with E-state index in [0.717, 1.165) is 11.3 Å². The van der Waals surface area contributed by atoms with Crippen LogP contribution in [0.4, 0.5) is 0 Å². The summed E-state index contributed by atoms with van der Waals surface area (Å²) in [5.41, 5.74) is 1.02. The Morgan fingerprint density at radius 3 is 2.50 bits per heavy atom. The molecule has 0 aliphatic carbocycles. The highest BCUT2D eigenvalue weighted by Crippen LogP contribution is 2.23. The van der Waals surface area contributed by atoms with Crippen LogP contribution in [0, 0.1) is 0 Å². The van der Waals surface area contributed by atoms with Crippen LogP contribution in [0.5, 0.6) is 5.75 Å². The lowest BCUT2D eigenvalue weighted by Gasteiger charge is -2.29. The maximum atomic E-state index is 12.2. The van der Waals surface area contributed by atoms with Gasteiger partial charge in [-0.15, -0.1) is 0 Å². The Balaban J connectivity index is 1.43. The highest BCUT2D eigenvalue weighted by atomic mass is 16.6. The normalized spacial score (nSPS) is 20.3. The van der Waals surface area contributed by atoms with Gasteiger partial charge in [-0.2, -0.15) is 0 Å². The third-order valence-corrected chi connectivity index (χ3v) is 3.74. The van der Waals surface area contributed by atoms with Crippen LogP contribution in [-0.2, 0) is 14.3 Å². The molecule has 1 amide bonds. The Morgan fingerprint density at radius 1 is 1.04 bits per heavy atom. The molecule has 5 heteroatoms. The quantitative estimate of drug-likeness (QED) is 0.828. The predicted molar refractivity (Wildman–Crippen MR) is 89.8 cm³/mol. The molecule has 0 aromatic heterocycles. The molecule has 0 unspecified atom stereocenters. The summed E-state index contributed by atoms with van der Waals surface area (Å²) in [6.07, 6.45) is -0.808. The van der Waals surface area contributed by atoms with E-state index in [0.29, 0.717) is 19.8 Å². The van der Waals surface area contributed by atoms with Crippen LogP contribution in [0.1, 0.15) is 11.7 Å². The molecule has 1 aliphatic rings. The second-order valence-electron chi connectivity index (χ2n) is 5.51. The van der Waals surface area contributed by atoms with E-state index in [4.69, 9.17) is 14.2 Å². The fourth-order valence-corrected chi connectivity index (χ4v) is 2.51. The van der Waals surface area contributed by atoms with Crippen LogP contribution in [0.25, 0.3) is 0 Å². The third kappa shape index (κ3) is 4.57. The molecular weight excluding hydrogens is 306 g/mol. The van der Waals surface area contributed by atoms with E-state index in [1.165, 1.54) is 0 Å². The molecule has 0 radical (unpaired) electrons. The summed E-state index contributed by atoms with van der Waals surface area (Å²) in [5, 5.41) is 2.83. The fourth-order valence-electron chi connectivity index (χ4n) is 2.51. The van der Waals surface area contributed by atoms with E-state index in [9.17, 15) is 4.79 Å². The van der Waals surface area contributed by atoms with Gasteiger partial charge >= 0.3 is 0 Å². The molecule has 24 heavy (non-hydrogen) atoms. The minimum absolute atomic E-state index is 0.174. The van der Waals surface area contributed by atoms with Crippen molar-refractivity contribution in [3.63, 3.8) is 0 Å². The van der Waals surface area contributed by atoms with E-state index in [1.54, 1.807) is 0 Å². The molecule has 2 aromatic carbocycles. The molecule has 2 atom stereocenters. The first-order chi connectivity index (χ1) is 11.8. The van der Waals surface area contributed by atoms with Crippen molar-refractivity contribution >= 4 is 5.91 Å². The van der Waals surface area contributed by atoms with Gasteiger partial charge in [0.15, 0.2) is 6.10 Å². The van der Waals surface area contributed by atoms with E-state index in [1.807, 2.05) is 60.7 Å². The van der Waals surface area contributed by atoms with Crippen molar-refractivity contribution in [3.8, 4) is 5.75 Å². The van der Waals surface area contributed by atoms with Gasteiger partial charge in [0.25, 0.3) is 5.91 Å². The number of para-hydroxylation sites is 1. The molecule has 0 saturated carbocycles. The minimum Gasteiger partial charge on any atom is -0.492 e. The number of carbonyl (C=O) groups excluding carboxylic acids is 1. The van der Waals surface area contributed by atoms with Crippen molar-refractivity contribution in [2.45, 2.75) is 12.2 Å². The number of rotatable bonds is 6. The van der Waals surface area contributed by atoms with Gasteiger partial charge in [-0.1, -0.05) is 48.5 Å². The first kappa shape index (κ1) is 16.5. The summed E-state index contributed by atoms with van der Waals surface area (Å²) in [6, 6.07) is 19.3. The molecule has 0 bridgehead atoms. The molecule has 5 nitrogen and oxygen atoms in total. The summed E-state index contributed by atoms with van der Waals surface area (Å²) < 4.78 is 16.9. The topological polar surface area (TPSA) is 56.8 Å². The summed E-state index contributed by atoms with van der Waals surface area (Å²) >= 11 is 0. The van der Waals surface area contributed by atoms with Gasteiger partial charge in [0, 0.05) is 0 Å². The predicted octanol–water partition coefficient (Wildman–Crippen LogP) is 2.34. The van der Waals surface area contributed by atoms with Crippen molar-refractivity contribution in [2.75, 3.05) is 26.4 Å². The standard InChI is InChI=1S/C19H21NO4/c21-19(20-11-12-23-16-9-5-2-6-10-16)18-14-22-13-17(24-18)15-7-3-1-4-8-15/h1-10,17-18H,11-14H2,(H,20,21)/t17-,18+/m1/s1. The van der Waals surface area contributed by atoms with Crippen molar-refractivity contribution in [2.24, 2.45) is 0 Å². The minimum atomic E-state index is -0.597. The molecule has 2 aromatic rings. The second kappa shape index (κ2) is 8.47. The number of hydrogen-bond donors (Lipinski definition) is 1. The number of hydrogen-bond acceptors (Lipinski definition) is 4. The number of ether oxygens (including phenoxy) is 3. The number of nitrogens with one attached hydrogen (secondary N) is 1. The summed E-state index contributed by atoms with van der Waals surface area (Å²) in [4.78, 5) is 12.2. The zero-order valence-electron chi connectivity index (χ0n) is 13.4. The fraction of sp³-hybridized carbons (Fsp3) is 0.316. The first-order valence-electron chi connectivity index (χ1n) is 8.06. The Labute approximate surface area is 141 Å². The van der Waals surface area contributed by atoms with Gasteiger partial charge in [-0.05, 0) is 17.7 Å². The van der Waals surface area contributed by atoms with Crippen molar-refractivity contribution < 1.29 is 19.0 Å². The molecule has 0 spiro atoms. The molecule has 1 heterocycles. The molecule has 126 valence electrons. The molecule has 1 N–H and O–H groups in total. The summed E-state index contributed by atoms with van der Waals surface area (Å²) in [5.74, 6) is 0.612. The third-order valence-electron chi connectivity index (χ3n) is 3.74. The van der Waals surface area contributed by atoms with Gasteiger partial charge in [0.05, 0.1) is 19.8 Å². The van der Waals surface area contributed by atoms with E-state index >= 15 is 0 Å². The summed E-state index contributed by atoms with van der Waals surface area (Å²) in [6.45, 7) is 1.56. The molecule has 1 fully saturated rings. The smallest absolute Gasteiger partial charge is 0.251 e. The number of carbonyl (C=O) groups is 1. The molecule has 1 saturated heterocycles. The average Bonchev–Trinajstić information content (AvgIpc) is 2.67. The number of benzene rings is 2. The Hall–Kier alpha value is -2.37. The van der Waals surface area contributed by atoms with Gasteiger partial charge in [-0.25, -0.2) is 0 Å². The van der Waals surface area contributed by atoms with Gasteiger partial charge < -0.3 is 19.5 Å². The van der Waals surface area contributed by atoms with E-state index in [2.05, 4.69) is 5.32 Å². The zero-order valence-corrected chi connectivity index (χ0v) is 13.4. The monoisotopic (exact) mass is 327 g/mol. The van der Waals surface area contributed by atoms with Gasteiger partial charge in [0.1, 0.15) is 18.5 Å². The largest absolute Gasteiger partial charge is 0.492 e. The van der Waals surface area contributed by atoms with Crippen LogP contribution in [0.3, 0.4) is 0 Å². The maximum absolute atomic E-state index is 12.2. The summed E-state index contributed by atoms with van der Waals surface area (Å²) in [7, 11) is 0. The SMILES string of the molecule is O=C(NCCOc1ccccc1)[C@@H]1COC[C@H](c2ccccc2)O1. The Morgan fingerprint density at radius 2 is 1.75 bits per heavy atom. The average molecular weight is 327 g/mol. The lowest BCUT2D eigenvalue weighted by molar-refractivity contribution is -0.165. The van der Waals surface area contributed by atoms with Crippen LogP contribution in [0.15, 0.2) is 60.7 Å². The van der Waals surface area contributed by atoms with Gasteiger partial charge in [0.2, 0.25) is 0 Å². The van der Waals surface area contributed by atoms with Crippen molar-refractivity contribution in [1.29, 1.82) is 0 Å². The first-order valence-corrected chi connectivity index (χ1v) is 8.06. The van der Waals surface area contributed by atoms with Crippen molar-refractivity contribution in [3.05, 3.63) is 66.2 Å². The second-order valence-corrected chi connectivity index (χ2v) is 5.51. The molecular formula is C19H21NO4. The molecule has 1 aliphatic heterocycles. The van der Waals surface area contributed by atoms with Crippen molar-refractivity contribution in [1.82, 2.24) is 5.32 Å². The Bertz CT molecular complexity index is 632. The molecule has 3 rings (SSSR count). The van der Waals surface area contributed by atoms with E-state index in [-0.39, 0.29) is 18.6 Å². The van der Waals surface area contributed by atoms with E-state index < -0.39 is 6.10 Å². The highest BCUT2D eigenvalue weighted by molar-refractivity contribution is 5.81.